The van der Waals surface area contributed by atoms with E-state index in [9.17, 15) is 4.79 Å². The second kappa shape index (κ2) is 9.56. The molecule has 0 radical (unpaired) electrons. The van der Waals surface area contributed by atoms with Crippen LogP contribution in [-0.4, -0.2) is 21.1 Å². The third kappa shape index (κ3) is 4.67. The number of nitrogens with zero attached hydrogens (tertiary/aromatic N) is 3. The molecule has 1 atom stereocenters. The van der Waals surface area contributed by atoms with Crippen molar-refractivity contribution in [1.29, 1.82) is 0 Å². The zero-order valence-corrected chi connectivity index (χ0v) is 19.4. The number of para-hydroxylation sites is 1. The van der Waals surface area contributed by atoms with Crippen LogP contribution in [0.1, 0.15) is 38.3 Å². The highest BCUT2D eigenvalue weighted by atomic mass is 32.2. The van der Waals surface area contributed by atoms with Crippen molar-refractivity contribution in [2.45, 2.75) is 23.1 Å². The predicted octanol–water partition coefficient (Wildman–Crippen LogP) is 5.80. The van der Waals surface area contributed by atoms with Gasteiger partial charge in [0.05, 0.1) is 6.04 Å². The first-order valence-corrected chi connectivity index (χ1v) is 12.2. The maximum absolute atomic E-state index is 13.6. The Morgan fingerprint density at radius 2 is 1.73 bits per heavy atom. The van der Waals surface area contributed by atoms with Crippen molar-refractivity contribution in [1.82, 2.24) is 20.5 Å². The number of furan rings is 1. The summed E-state index contributed by atoms with van der Waals surface area (Å²) < 4.78 is 6.92. The van der Waals surface area contributed by atoms with E-state index in [4.69, 9.17) is 4.42 Å². The Hall–Kier alpha value is -3.49. The molecule has 3 heterocycles. The zero-order valence-electron chi connectivity index (χ0n) is 17.8. The summed E-state index contributed by atoms with van der Waals surface area (Å²) in [6, 6.07) is 21.1. The van der Waals surface area contributed by atoms with Crippen molar-refractivity contribution in [3.63, 3.8) is 0 Å². The summed E-state index contributed by atoms with van der Waals surface area (Å²) in [5, 5.41) is 13.3. The van der Waals surface area contributed by atoms with Gasteiger partial charge in [0, 0.05) is 29.1 Å². The van der Waals surface area contributed by atoms with Crippen molar-refractivity contribution in [2.75, 3.05) is 0 Å². The first-order valence-electron chi connectivity index (χ1n) is 10.4. The van der Waals surface area contributed by atoms with E-state index in [0.717, 1.165) is 31.4 Å². The topological polar surface area (TPSA) is 80.9 Å². The van der Waals surface area contributed by atoms with Crippen molar-refractivity contribution in [2.24, 2.45) is 0 Å². The molecule has 5 aromatic rings. The number of fused-ring (bicyclic) bond motifs is 1. The van der Waals surface area contributed by atoms with Gasteiger partial charge in [0.25, 0.3) is 5.91 Å². The monoisotopic (exact) mass is 472 g/mol. The maximum atomic E-state index is 13.6. The van der Waals surface area contributed by atoms with Crippen LogP contribution in [0.2, 0.25) is 0 Å². The van der Waals surface area contributed by atoms with Crippen LogP contribution in [0.5, 0.6) is 0 Å². The Bertz CT molecular complexity index is 1340. The van der Waals surface area contributed by atoms with Crippen LogP contribution in [-0.2, 0) is 5.75 Å². The summed E-state index contributed by atoms with van der Waals surface area (Å²) in [6.07, 6.45) is 3.45. The Morgan fingerprint density at radius 3 is 2.48 bits per heavy atom. The molecule has 164 valence electrons. The van der Waals surface area contributed by atoms with E-state index in [1.807, 2.05) is 73.7 Å². The number of hydrogen-bond acceptors (Lipinski definition) is 7. The standard InChI is InChI=1S/C25H20N4O2S2/c1-16-28-29-25(33-16)32-15-20-19-9-5-6-10-21(19)31-23(20)24(30)27-22(17-7-3-2-4-8-17)18-11-13-26-14-12-18/h2-14,22H,15H2,1H3,(H,27,30). The van der Waals surface area contributed by atoms with Gasteiger partial charge in [0.1, 0.15) is 10.6 Å². The third-order valence-electron chi connectivity index (χ3n) is 5.20. The van der Waals surface area contributed by atoms with E-state index in [1.165, 1.54) is 11.3 Å². The minimum Gasteiger partial charge on any atom is -0.451 e. The van der Waals surface area contributed by atoms with Crippen LogP contribution >= 0.6 is 23.1 Å². The van der Waals surface area contributed by atoms with Crippen molar-refractivity contribution < 1.29 is 9.21 Å². The molecule has 0 bridgehead atoms. The maximum Gasteiger partial charge on any atom is 0.288 e. The molecular formula is C25H20N4O2S2. The number of pyridine rings is 1. The highest BCUT2D eigenvalue weighted by Crippen LogP contribution is 2.33. The Labute approximate surface area is 199 Å². The highest BCUT2D eigenvalue weighted by Gasteiger charge is 2.25. The average molecular weight is 473 g/mol. The number of carbonyl (C=O) groups is 1. The summed E-state index contributed by atoms with van der Waals surface area (Å²) in [5.41, 5.74) is 3.46. The fourth-order valence-corrected chi connectivity index (χ4v) is 5.50. The molecule has 0 aliphatic carbocycles. The van der Waals surface area contributed by atoms with Crippen molar-refractivity contribution in [3.05, 3.63) is 107 Å². The fraction of sp³-hybridized carbons (Fsp3) is 0.120. The molecule has 0 aliphatic rings. The van der Waals surface area contributed by atoms with Crippen LogP contribution in [0, 0.1) is 6.92 Å². The molecule has 6 nitrogen and oxygen atoms in total. The number of aromatic nitrogens is 3. The molecule has 5 rings (SSSR count). The van der Waals surface area contributed by atoms with E-state index in [2.05, 4.69) is 20.5 Å². The minimum absolute atomic E-state index is 0.263. The van der Waals surface area contributed by atoms with Crippen LogP contribution in [0.3, 0.4) is 0 Å². The zero-order chi connectivity index (χ0) is 22.6. The molecule has 2 aromatic carbocycles. The van der Waals surface area contributed by atoms with Gasteiger partial charge in [0.2, 0.25) is 0 Å². The van der Waals surface area contributed by atoms with E-state index >= 15 is 0 Å². The molecule has 8 heteroatoms. The molecule has 33 heavy (non-hydrogen) atoms. The largest absolute Gasteiger partial charge is 0.451 e. The van der Waals surface area contributed by atoms with Crippen molar-refractivity contribution >= 4 is 40.0 Å². The molecule has 0 saturated heterocycles. The second-order valence-electron chi connectivity index (χ2n) is 7.38. The van der Waals surface area contributed by atoms with Gasteiger partial charge in [-0.1, -0.05) is 71.6 Å². The summed E-state index contributed by atoms with van der Waals surface area (Å²) >= 11 is 3.09. The first-order chi connectivity index (χ1) is 16.2. The molecule has 0 saturated carbocycles. The van der Waals surface area contributed by atoms with Gasteiger partial charge in [-0.25, -0.2) is 0 Å². The lowest BCUT2D eigenvalue weighted by atomic mass is 9.99. The number of nitrogens with one attached hydrogen (secondary N) is 1. The number of amides is 1. The van der Waals surface area contributed by atoms with E-state index in [1.54, 1.807) is 24.2 Å². The number of rotatable bonds is 7. The summed E-state index contributed by atoms with van der Waals surface area (Å²) in [7, 11) is 0. The molecule has 0 aliphatic heterocycles. The molecule has 0 spiro atoms. The fourth-order valence-electron chi connectivity index (χ4n) is 3.65. The lowest BCUT2D eigenvalue weighted by Crippen LogP contribution is -2.29. The molecule has 1 N–H and O–H groups in total. The first kappa shape index (κ1) is 21.4. The SMILES string of the molecule is Cc1nnc(SCc2c(C(=O)NC(c3ccccc3)c3ccncc3)oc3ccccc23)s1. The van der Waals surface area contributed by atoms with Crippen molar-refractivity contribution in [3.8, 4) is 0 Å². The summed E-state index contributed by atoms with van der Waals surface area (Å²) in [5.74, 6) is 0.612. The minimum atomic E-state index is -0.332. The smallest absolute Gasteiger partial charge is 0.288 e. The lowest BCUT2D eigenvalue weighted by molar-refractivity contribution is 0.0916. The number of thioether (sulfide) groups is 1. The van der Waals surface area contributed by atoms with Gasteiger partial charge < -0.3 is 9.73 Å². The number of hydrogen-bond donors (Lipinski definition) is 1. The molecule has 1 unspecified atom stereocenters. The normalized spacial score (nSPS) is 12.0. The Balaban J connectivity index is 1.49. The van der Waals surface area contributed by atoms with E-state index in [-0.39, 0.29) is 11.9 Å². The number of carbonyl (C=O) groups excluding carboxylic acids is 1. The molecular weight excluding hydrogens is 452 g/mol. The summed E-state index contributed by atoms with van der Waals surface area (Å²) in [6.45, 7) is 1.93. The van der Waals surface area contributed by atoms with E-state index in [0.29, 0.717) is 17.1 Å². The van der Waals surface area contributed by atoms with Gasteiger partial charge in [0.15, 0.2) is 10.1 Å². The van der Waals surface area contributed by atoms with Gasteiger partial charge in [-0.2, -0.15) is 0 Å². The lowest BCUT2D eigenvalue weighted by Gasteiger charge is -2.19. The van der Waals surface area contributed by atoms with Crippen LogP contribution < -0.4 is 5.32 Å². The van der Waals surface area contributed by atoms with Crippen LogP contribution in [0.15, 0.2) is 87.9 Å². The number of aryl methyl sites for hydroxylation is 1. The third-order valence-corrected chi connectivity index (χ3v) is 7.20. The highest BCUT2D eigenvalue weighted by molar-refractivity contribution is 8.00. The van der Waals surface area contributed by atoms with Gasteiger partial charge in [-0.05, 0) is 36.2 Å². The van der Waals surface area contributed by atoms with Gasteiger partial charge in [-0.3, -0.25) is 9.78 Å². The van der Waals surface area contributed by atoms with Gasteiger partial charge in [-0.15, -0.1) is 10.2 Å². The summed E-state index contributed by atoms with van der Waals surface area (Å²) in [4.78, 5) is 17.7. The predicted molar refractivity (Wildman–Crippen MR) is 130 cm³/mol. The number of benzene rings is 2. The Morgan fingerprint density at radius 1 is 1.00 bits per heavy atom. The average Bonchev–Trinajstić information content (AvgIpc) is 3.45. The Kier molecular flexibility index (Phi) is 6.19. The van der Waals surface area contributed by atoms with Crippen LogP contribution in [0.25, 0.3) is 11.0 Å². The second-order valence-corrected chi connectivity index (χ2v) is 9.78. The van der Waals surface area contributed by atoms with Crippen LogP contribution in [0.4, 0.5) is 0 Å². The van der Waals surface area contributed by atoms with E-state index < -0.39 is 0 Å². The molecule has 3 aromatic heterocycles. The quantitative estimate of drug-likeness (QED) is 0.302. The molecule has 1 amide bonds. The molecule has 0 fully saturated rings. The van der Waals surface area contributed by atoms with Gasteiger partial charge >= 0.3 is 0 Å².